The van der Waals surface area contributed by atoms with Crippen LogP contribution in [0, 0.1) is 13.8 Å². The number of esters is 1. The van der Waals surface area contributed by atoms with Crippen LogP contribution in [0.3, 0.4) is 0 Å². The van der Waals surface area contributed by atoms with Gasteiger partial charge < -0.3 is 14.5 Å². The summed E-state index contributed by atoms with van der Waals surface area (Å²) in [6.07, 6.45) is 3.86. The second-order valence-electron chi connectivity index (χ2n) is 7.36. The molecule has 2 aromatic rings. The largest absolute Gasteiger partial charge is 0.462 e. The minimum absolute atomic E-state index is 0.296. The normalized spacial score (nSPS) is 16.0. The topological polar surface area (TPSA) is 45.7 Å². The lowest BCUT2D eigenvalue weighted by atomic mass is 9.98. The summed E-state index contributed by atoms with van der Waals surface area (Å²) < 4.78 is 5.32. The molecule has 1 saturated heterocycles. The molecule has 5 nitrogen and oxygen atoms in total. The molecule has 2 heterocycles. The number of hydrogen-bond donors (Lipinski definition) is 0. The molecular formula is C21H29N3O2. The van der Waals surface area contributed by atoms with E-state index in [9.17, 15) is 4.79 Å². The Balaban J connectivity index is 2.15. The lowest BCUT2D eigenvalue weighted by Crippen LogP contribution is -2.42. The number of aryl methyl sites for hydroxylation is 2. The number of aromatic nitrogens is 1. The van der Waals surface area contributed by atoms with Crippen LogP contribution in [-0.4, -0.2) is 55.7 Å². The van der Waals surface area contributed by atoms with Crippen molar-refractivity contribution in [1.29, 1.82) is 0 Å². The van der Waals surface area contributed by atoms with Crippen LogP contribution < -0.4 is 4.90 Å². The van der Waals surface area contributed by atoms with E-state index in [-0.39, 0.29) is 5.97 Å². The molecule has 140 valence electrons. The summed E-state index contributed by atoms with van der Waals surface area (Å²) in [5.74, 6) is -0.296. The number of pyridine rings is 1. The van der Waals surface area contributed by atoms with Gasteiger partial charge in [0.2, 0.25) is 0 Å². The Morgan fingerprint density at radius 3 is 2.65 bits per heavy atom. The minimum Gasteiger partial charge on any atom is -0.462 e. The van der Waals surface area contributed by atoms with Gasteiger partial charge in [-0.25, -0.2) is 4.79 Å². The third-order valence-corrected chi connectivity index (χ3v) is 5.36. The average Bonchev–Trinajstić information content (AvgIpc) is 2.61. The summed E-state index contributed by atoms with van der Waals surface area (Å²) in [7, 11) is 4.26. The SMILES string of the molecule is CCOC(=O)c1cnc2c(C)cc(C)cc2c1N(C)C1CCN(C)CC1. The number of carbonyl (C=O) groups excluding carboxylic acids is 1. The maximum Gasteiger partial charge on any atom is 0.341 e. The molecule has 1 aromatic carbocycles. The highest BCUT2D eigenvalue weighted by Gasteiger charge is 2.27. The molecular weight excluding hydrogens is 326 g/mol. The number of hydrogen-bond acceptors (Lipinski definition) is 5. The number of rotatable bonds is 4. The molecule has 0 spiro atoms. The first kappa shape index (κ1) is 18.6. The molecule has 26 heavy (non-hydrogen) atoms. The van der Waals surface area contributed by atoms with Gasteiger partial charge in [-0.1, -0.05) is 11.6 Å². The van der Waals surface area contributed by atoms with E-state index in [0.717, 1.165) is 48.1 Å². The number of piperidine rings is 1. The Bertz CT molecular complexity index is 810. The van der Waals surface area contributed by atoms with Gasteiger partial charge in [-0.15, -0.1) is 0 Å². The van der Waals surface area contributed by atoms with E-state index in [1.165, 1.54) is 5.56 Å². The Morgan fingerprint density at radius 1 is 1.31 bits per heavy atom. The summed E-state index contributed by atoms with van der Waals surface area (Å²) in [6, 6.07) is 4.68. The van der Waals surface area contributed by atoms with Crippen molar-refractivity contribution in [3.63, 3.8) is 0 Å². The van der Waals surface area contributed by atoms with Crippen molar-refractivity contribution in [2.45, 2.75) is 39.7 Å². The molecule has 1 aliphatic heterocycles. The summed E-state index contributed by atoms with van der Waals surface area (Å²) in [6.45, 7) is 8.51. The fourth-order valence-electron chi connectivity index (χ4n) is 3.95. The fourth-order valence-corrected chi connectivity index (χ4v) is 3.95. The van der Waals surface area contributed by atoms with E-state index in [1.807, 2.05) is 6.92 Å². The Hall–Kier alpha value is -2.14. The molecule has 0 unspecified atom stereocenters. The molecule has 1 aromatic heterocycles. The standard InChI is InChI=1S/C21H29N3O2/c1-6-26-21(25)18-13-22-19-15(3)11-14(2)12-17(19)20(18)24(5)16-7-9-23(4)10-8-16/h11-13,16H,6-10H2,1-5H3. The van der Waals surface area contributed by atoms with Crippen molar-refractivity contribution in [1.82, 2.24) is 9.88 Å². The number of anilines is 1. The zero-order valence-corrected chi connectivity index (χ0v) is 16.5. The zero-order valence-electron chi connectivity index (χ0n) is 16.5. The molecule has 0 aliphatic carbocycles. The number of likely N-dealkylation sites (tertiary alicyclic amines) is 1. The second kappa shape index (κ2) is 7.62. The molecule has 0 saturated carbocycles. The van der Waals surface area contributed by atoms with Gasteiger partial charge in [0.1, 0.15) is 5.56 Å². The number of fused-ring (bicyclic) bond motifs is 1. The number of ether oxygens (including phenoxy) is 1. The summed E-state index contributed by atoms with van der Waals surface area (Å²) >= 11 is 0. The smallest absolute Gasteiger partial charge is 0.341 e. The van der Waals surface area contributed by atoms with Crippen molar-refractivity contribution >= 4 is 22.6 Å². The third-order valence-electron chi connectivity index (χ3n) is 5.36. The Morgan fingerprint density at radius 2 is 2.00 bits per heavy atom. The van der Waals surface area contributed by atoms with Gasteiger partial charge in [-0.05, 0) is 65.4 Å². The third kappa shape index (κ3) is 3.54. The van der Waals surface area contributed by atoms with E-state index in [2.05, 4.69) is 54.9 Å². The van der Waals surface area contributed by atoms with Gasteiger partial charge in [0, 0.05) is 24.7 Å². The van der Waals surface area contributed by atoms with Gasteiger partial charge in [0.15, 0.2) is 0 Å². The number of benzene rings is 1. The highest BCUT2D eigenvalue weighted by Crippen LogP contribution is 2.34. The fraction of sp³-hybridized carbons (Fsp3) is 0.524. The Kier molecular flexibility index (Phi) is 5.47. The van der Waals surface area contributed by atoms with Crippen LogP contribution in [0.25, 0.3) is 10.9 Å². The first-order chi connectivity index (χ1) is 12.4. The minimum atomic E-state index is -0.296. The van der Waals surface area contributed by atoms with Gasteiger partial charge in [0.25, 0.3) is 0 Å². The van der Waals surface area contributed by atoms with Gasteiger partial charge in [0.05, 0.1) is 17.8 Å². The molecule has 1 aliphatic rings. The molecule has 1 fully saturated rings. The van der Waals surface area contributed by atoms with E-state index in [4.69, 9.17) is 4.74 Å². The molecule has 0 radical (unpaired) electrons. The zero-order chi connectivity index (χ0) is 18.8. The maximum atomic E-state index is 12.6. The maximum absolute atomic E-state index is 12.6. The second-order valence-corrected chi connectivity index (χ2v) is 7.36. The van der Waals surface area contributed by atoms with Crippen LogP contribution >= 0.6 is 0 Å². The first-order valence-corrected chi connectivity index (χ1v) is 9.40. The summed E-state index contributed by atoms with van der Waals surface area (Å²) in [4.78, 5) is 21.8. The van der Waals surface area contributed by atoms with Crippen LogP contribution in [0.1, 0.15) is 41.3 Å². The van der Waals surface area contributed by atoms with Crippen molar-refractivity contribution in [3.8, 4) is 0 Å². The molecule has 5 heteroatoms. The molecule has 0 atom stereocenters. The van der Waals surface area contributed by atoms with Crippen molar-refractivity contribution < 1.29 is 9.53 Å². The van der Waals surface area contributed by atoms with Gasteiger partial charge in [-0.2, -0.15) is 0 Å². The number of nitrogens with zero attached hydrogens (tertiary/aromatic N) is 3. The van der Waals surface area contributed by atoms with E-state index < -0.39 is 0 Å². The van der Waals surface area contributed by atoms with Crippen molar-refractivity contribution in [3.05, 3.63) is 35.0 Å². The van der Waals surface area contributed by atoms with Gasteiger partial charge >= 0.3 is 5.97 Å². The highest BCUT2D eigenvalue weighted by molar-refractivity contribution is 6.06. The van der Waals surface area contributed by atoms with Crippen molar-refractivity contribution in [2.75, 3.05) is 38.7 Å². The van der Waals surface area contributed by atoms with Crippen molar-refractivity contribution in [2.24, 2.45) is 0 Å². The van der Waals surface area contributed by atoms with Crippen LogP contribution in [0.4, 0.5) is 5.69 Å². The summed E-state index contributed by atoms with van der Waals surface area (Å²) in [5, 5.41) is 1.04. The predicted molar refractivity (Wildman–Crippen MR) is 106 cm³/mol. The number of carbonyl (C=O) groups is 1. The van der Waals surface area contributed by atoms with Gasteiger partial charge in [-0.3, -0.25) is 4.98 Å². The average molecular weight is 355 g/mol. The molecule has 0 N–H and O–H groups in total. The molecule has 0 amide bonds. The van der Waals surface area contributed by atoms with Crippen LogP contribution in [0.5, 0.6) is 0 Å². The molecule has 0 bridgehead atoms. The monoisotopic (exact) mass is 355 g/mol. The van der Waals surface area contributed by atoms with Crippen LogP contribution in [-0.2, 0) is 4.74 Å². The first-order valence-electron chi connectivity index (χ1n) is 9.40. The summed E-state index contributed by atoms with van der Waals surface area (Å²) in [5.41, 5.74) is 4.78. The van der Waals surface area contributed by atoms with Crippen LogP contribution in [0.2, 0.25) is 0 Å². The molecule has 3 rings (SSSR count). The Labute approximate surface area is 156 Å². The predicted octanol–water partition coefficient (Wildman–Crippen LogP) is 3.56. The van der Waals surface area contributed by atoms with Crippen LogP contribution in [0.15, 0.2) is 18.3 Å². The van der Waals surface area contributed by atoms with E-state index in [1.54, 1.807) is 6.20 Å². The quantitative estimate of drug-likeness (QED) is 0.785. The lowest BCUT2D eigenvalue weighted by Gasteiger charge is -2.37. The lowest BCUT2D eigenvalue weighted by molar-refractivity contribution is 0.0526. The van der Waals surface area contributed by atoms with E-state index >= 15 is 0 Å². The highest BCUT2D eigenvalue weighted by atomic mass is 16.5. The van der Waals surface area contributed by atoms with E-state index in [0.29, 0.717) is 18.2 Å².